The van der Waals surface area contributed by atoms with Gasteiger partial charge >= 0.3 is 0 Å². The molecule has 11 aromatic rings. The molecule has 0 saturated heterocycles. The van der Waals surface area contributed by atoms with E-state index >= 15 is 0 Å². The average Bonchev–Trinajstić information content (AvgIpc) is 3.86. The monoisotopic (exact) mass is 690 g/mol. The highest BCUT2D eigenvalue weighted by Crippen LogP contribution is 2.44. The van der Waals surface area contributed by atoms with E-state index in [4.69, 9.17) is 6.57 Å². The molecular formula is C48H26N4S. The molecule has 0 bridgehead atoms. The number of para-hydroxylation sites is 1. The Bertz CT molecular complexity index is 3420. The van der Waals surface area contributed by atoms with E-state index < -0.39 is 0 Å². The third-order valence-corrected chi connectivity index (χ3v) is 11.9. The van der Waals surface area contributed by atoms with Crippen LogP contribution in [-0.4, -0.2) is 9.13 Å². The van der Waals surface area contributed by atoms with Crippen molar-refractivity contribution < 1.29 is 0 Å². The summed E-state index contributed by atoms with van der Waals surface area (Å²) in [4.78, 5) is 4.16. The van der Waals surface area contributed by atoms with Crippen molar-refractivity contribution in [2.75, 3.05) is 0 Å². The van der Waals surface area contributed by atoms with Gasteiger partial charge in [0.05, 0.1) is 45.6 Å². The molecule has 5 heteroatoms. The lowest BCUT2D eigenvalue weighted by Gasteiger charge is -2.16. The molecule has 0 fully saturated rings. The SMILES string of the molecule is [C-]#[N+]c1cc(-n2c3ccccc3c3cc4c(cc32)sc2ccccc24)c(C#N)cc1-n1c2ccc(-c3ccccc3)cc2c2c3ccccc3ccc21. The molecule has 3 aromatic heterocycles. The van der Waals surface area contributed by atoms with Gasteiger partial charge < -0.3 is 9.13 Å². The molecule has 0 spiro atoms. The van der Waals surface area contributed by atoms with Gasteiger partial charge in [0.2, 0.25) is 5.69 Å². The van der Waals surface area contributed by atoms with Gasteiger partial charge in [0.1, 0.15) is 6.07 Å². The predicted octanol–water partition coefficient (Wildman–Crippen LogP) is 13.5. The van der Waals surface area contributed by atoms with Crippen molar-refractivity contribution in [2.45, 2.75) is 0 Å². The number of nitriles is 1. The van der Waals surface area contributed by atoms with Crippen LogP contribution in [-0.2, 0) is 0 Å². The first-order chi connectivity index (χ1) is 26.2. The van der Waals surface area contributed by atoms with Crippen molar-refractivity contribution in [2.24, 2.45) is 0 Å². The summed E-state index contributed by atoms with van der Waals surface area (Å²) in [6, 6.07) is 57.6. The summed E-state index contributed by atoms with van der Waals surface area (Å²) in [5.41, 5.74) is 8.65. The van der Waals surface area contributed by atoms with Crippen LogP contribution in [0.4, 0.5) is 5.69 Å². The first-order valence-electron chi connectivity index (χ1n) is 17.5. The Hall–Kier alpha value is -7.18. The second kappa shape index (κ2) is 11.2. The molecular weight excluding hydrogens is 665 g/mol. The minimum Gasteiger partial charge on any atom is -0.319 e. The van der Waals surface area contributed by atoms with Gasteiger partial charge in [-0.15, -0.1) is 11.3 Å². The van der Waals surface area contributed by atoms with Crippen LogP contribution in [0.5, 0.6) is 0 Å². The quantitative estimate of drug-likeness (QED) is 0.170. The number of aromatic nitrogens is 2. The van der Waals surface area contributed by atoms with Gasteiger partial charge in [0, 0.05) is 41.7 Å². The zero-order valence-corrected chi connectivity index (χ0v) is 29.0. The van der Waals surface area contributed by atoms with E-state index in [2.05, 4.69) is 154 Å². The van der Waals surface area contributed by atoms with Crippen molar-refractivity contribution in [3.63, 3.8) is 0 Å². The zero-order valence-electron chi connectivity index (χ0n) is 28.2. The highest BCUT2D eigenvalue weighted by atomic mass is 32.1. The zero-order chi connectivity index (χ0) is 35.2. The summed E-state index contributed by atoms with van der Waals surface area (Å²) in [6.07, 6.45) is 0. The van der Waals surface area contributed by atoms with Crippen molar-refractivity contribution in [1.29, 1.82) is 5.26 Å². The molecule has 0 aliphatic heterocycles. The first-order valence-corrected chi connectivity index (χ1v) is 18.3. The second-order valence-corrected chi connectivity index (χ2v) is 14.6. The van der Waals surface area contributed by atoms with Gasteiger partial charge in [0.15, 0.2) is 0 Å². The number of hydrogen-bond donors (Lipinski definition) is 0. The smallest absolute Gasteiger partial charge is 0.212 e. The van der Waals surface area contributed by atoms with E-state index in [1.165, 1.54) is 20.2 Å². The van der Waals surface area contributed by atoms with Crippen LogP contribution in [0, 0.1) is 17.9 Å². The van der Waals surface area contributed by atoms with Crippen LogP contribution in [0.2, 0.25) is 0 Å². The summed E-state index contributed by atoms with van der Waals surface area (Å²) >= 11 is 1.78. The molecule has 0 N–H and O–H groups in total. The van der Waals surface area contributed by atoms with E-state index in [-0.39, 0.29) is 0 Å². The lowest BCUT2D eigenvalue weighted by Crippen LogP contribution is -2.01. The first kappa shape index (κ1) is 29.5. The van der Waals surface area contributed by atoms with Gasteiger partial charge in [-0.3, -0.25) is 0 Å². The second-order valence-electron chi connectivity index (χ2n) is 13.5. The molecule has 4 nitrogen and oxygen atoms in total. The summed E-state index contributed by atoms with van der Waals surface area (Å²) in [5, 5.41) is 20.1. The molecule has 0 saturated carbocycles. The molecule has 0 radical (unpaired) electrons. The van der Waals surface area contributed by atoms with Gasteiger partial charge in [-0.1, -0.05) is 103 Å². The molecule has 11 rings (SSSR count). The highest BCUT2D eigenvalue weighted by Gasteiger charge is 2.22. The Morgan fingerprint density at radius 3 is 2.06 bits per heavy atom. The minimum atomic E-state index is 0.479. The van der Waals surface area contributed by atoms with Crippen LogP contribution in [0.1, 0.15) is 5.56 Å². The normalized spacial score (nSPS) is 11.7. The van der Waals surface area contributed by atoms with E-state index in [9.17, 15) is 5.26 Å². The molecule has 0 aliphatic rings. The van der Waals surface area contributed by atoms with E-state index in [1.54, 1.807) is 11.3 Å². The highest BCUT2D eigenvalue weighted by molar-refractivity contribution is 7.25. The molecule has 3 heterocycles. The Labute approximate surface area is 308 Å². The number of nitrogens with zero attached hydrogens (tertiary/aromatic N) is 4. The number of thiophene rings is 1. The Balaban J connectivity index is 1.21. The van der Waals surface area contributed by atoms with Crippen LogP contribution in [0.15, 0.2) is 158 Å². The summed E-state index contributed by atoms with van der Waals surface area (Å²) in [6.45, 7) is 8.55. The van der Waals surface area contributed by atoms with Gasteiger partial charge in [0.25, 0.3) is 0 Å². The van der Waals surface area contributed by atoms with Gasteiger partial charge in [-0.25, -0.2) is 4.85 Å². The summed E-state index contributed by atoms with van der Waals surface area (Å²) in [7, 11) is 0. The topological polar surface area (TPSA) is 38.0 Å². The van der Waals surface area contributed by atoms with E-state index in [0.29, 0.717) is 22.6 Å². The third kappa shape index (κ3) is 4.20. The third-order valence-electron chi connectivity index (χ3n) is 10.7. The summed E-state index contributed by atoms with van der Waals surface area (Å²) < 4.78 is 6.79. The van der Waals surface area contributed by atoms with Gasteiger partial charge in [-0.05, 0) is 76.5 Å². The lowest BCUT2D eigenvalue weighted by molar-refractivity contribution is 1.14. The molecule has 0 atom stereocenters. The van der Waals surface area contributed by atoms with Crippen LogP contribution in [0.25, 0.3) is 102 Å². The molecule has 0 aliphatic carbocycles. The maximum absolute atomic E-state index is 10.9. The fourth-order valence-corrected chi connectivity index (χ4v) is 9.54. The largest absolute Gasteiger partial charge is 0.319 e. The van der Waals surface area contributed by atoms with Crippen LogP contribution in [0.3, 0.4) is 0 Å². The Morgan fingerprint density at radius 1 is 0.491 bits per heavy atom. The predicted molar refractivity (Wildman–Crippen MR) is 222 cm³/mol. The number of benzene rings is 8. The molecule has 53 heavy (non-hydrogen) atoms. The Kier molecular flexibility index (Phi) is 6.22. The van der Waals surface area contributed by atoms with E-state index in [0.717, 1.165) is 65.5 Å². The van der Waals surface area contributed by atoms with Crippen molar-refractivity contribution in [3.8, 4) is 28.6 Å². The van der Waals surface area contributed by atoms with Crippen molar-refractivity contribution >= 4 is 91.6 Å². The minimum absolute atomic E-state index is 0.479. The Morgan fingerprint density at radius 2 is 1.21 bits per heavy atom. The standard InChI is InChI=1S/C48H26N4S/c1-50-39-26-43(52-40-17-9-7-15-34(40)36-25-37-35-16-8-10-18-46(35)53-47(37)27-44(36)52)32(28-49)24-45(39)51-41-21-20-31(29-11-3-2-4-12-29)23-38(41)48-33-14-6-5-13-30(33)19-22-42(48)51/h2-27H. The lowest BCUT2D eigenvalue weighted by atomic mass is 10.0. The van der Waals surface area contributed by atoms with Crippen molar-refractivity contribution in [1.82, 2.24) is 9.13 Å². The number of rotatable bonds is 3. The maximum Gasteiger partial charge on any atom is 0.212 e. The fourth-order valence-electron chi connectivity index (χ4n) is 8.42. The molecule has 0 amide bonds. The molecule has 244 valence electrons. The van der Waals surface area contributed by atoms with E-state index in [1.807, 2.05) is 24.3 Å². The number of hydrogen-bond acceptors (Lipinski definition) is 2. The van der Waals surface area contributed by atoms with Gasteiger partial charge in [-0.2, -0.15) is 5.26 Å². The van der Waals surface area contributed by atoms with Crippen LogP contribution < -0.4 is 0 Å². The number of fused-ring (bicyclic) bond motifs is 11. The van der Waals surface area contributed by atoms with Crippen molar-refractivity contribution in [3.05, 3.63) is 175 Å². The van der Waals surface area contributed by atoms with Crippen LogP contribution >= 0.6 is 11.3 Å². The fraction of sp³-hybridized carbons (Fsp3) is 0. The maximum atomic E-state index is 10.9. The molecule has 8 aromatic carbocycles. The summed E-state index contributed by atoms with van der Waals surface area (Å²) in [5.74, 6) is 0. The average molecular weight is 691 g/mol. The molecule has 0 unspecified atom stereocenters.